The minimum absolute atomic E-state index is 0.220. The van der Waals surface area contributed by atoms with Gasteiger partial charge in [-0.05, 0) is 6.42 Å². The molecule has 118 valence electrons. The van der Waals surface area contributed by atoms with Gasteiger partial charge in [0.1, 0.15) is 5.01 Å². The Balaban J connectivity index is 1.57. The minimum Gasteiger partial charge on any atom is -0.344 e. The van der Waals surface area contributed by atoms with E-state index < -0.39 is 9.84 Å². The second-order valence-electron chi connectivity index (χ2n) is 6.16. The summed E-state index contributed by atoms with van der Waals surface area (Å²) in [6.45, 7) is 7.89. The largest absolute Gasteiger partial charge is 0.344 e. The van der Waals surface area contributed by atoms with Gasteiger partial charge in [0.2, 0.25) is 5.13 Å². The Labute approximate surface area is 130 Å². The highest BCUT2D eigenvalue weighted by Crippen LogP contribution is 2.27. The van der Waals surface area contributed by atoms with Crippen LogP contribution in [0.25, 0.3) is 0 Å². The molecule has 1 atom stereocenters. The van der Waals surface area contributed by atoms with E-state index in [2.05, 4.69) is 33.8 Å². The van der Waals surface area contributed by atoms with Crippen LogP contribution in [0.4, 0.5) is 5.13 Å². The lowest BCUT2D eigenvalue weighted by atomic mass is 10.2. The van der Waals surface area contributed by atoms with Crippen LogP contribution in [0.15, 0.2) is 0 Å². The summed E-state index contributed by atoms with van der Waals surface area (Å²) in [6, 6.07) is 0.220. The number of nitrogens with zero attached hydrogens (tertiary/aromatic N) is 4. The van der Waals surface area contributed by atoms with Gasteiger partial charge in [-0.3, -0.25) is 4.90 Å². The van der Waals surface area contributed by atoms with E-state index in [0.29, 0.717) is 17.4 Å². The second-order valence-corrected chi connectivity index (χ2v) is 9.37. The molecule has 1 aromatic heterocycles. The SMILES string of the molecule is CC(C)c1nnc(N2CCN([C@H]3CCS(=O)(=O)C3)CC2)s1. The van der Waals surface area contributed by atoms with Crippen molar-refractivity contribution >= 4 is 26.3 Å². The van der Waals surface area contributed by atoms with Gasteiger partial charge in [0.25, 0.3) is 0 Å². The molecule has 2 fully saturated rings. The first-order chi connectivity index (χ1) is 9.94. The number of aromatic nitrogens is 2. The van der Waals surface area contributed by atoms with Gasteiger partial charge in [-0.15, -0.1) is 10.2 Å². The van der Waals surface area contributed by atoms with Crippen LogP contribution in [-0.4, -0.2) is 67.2 Å². The third-order valence-corrected chi connectivity index (χ3v) is 7.27. The molecule has 0 saturated carbocycles. The van der Waals surface area contributed by atoms with E-state index >= 15 is 0 Å². The normalized spacial score (nSPS) is 26.6. The van der Waals surface area contributed by atoms with Crippen molar-refractivity contribution in [2.24, 2.45) is 0 Å². The Morgan fingerprint density at radius 3 is 2.43 bits per heavy atom. The zero-order valence-corrected chi connectivity index (χ0v) is 14.2. The van der Waals surface area contributed by atoms with Crippen molar-refractivity contribution in [2.45, 2.75) is 32.2 Å². The Morgan fingerprint density at radius 1 is 1.19 bits per heavy atom. The standard InChI is InChI=1S/C13H22N4O2S2/c1-10(2)12-14-15-13(20-12)17-6-4-16(5-7-17)11-3-8-21(18,19)9-11/h10-11H,3-9H2,1-2H3/t11-/m0/s1. The van der Waals surface area contributed by atoms with E-state index in [4.69, 9.17) is 0 Å². The molecule has 2 aliphatic heterocycles. The third-order valence-electron chi connectivity index (χ3n) is 4.23. The number of anilines is 1. The molecule has 1 aromatic rings. The molecule has 0 aliphatic carbocycles. The van der Waals surface area contributed by atoms with E-state index in [-0.39, 0.29) is 6.04 Å². The molecule has 0 bridgehead atoms. The van der Waals surface area contributed by atoms with Gasteiger partial charge in [0, 0.05) is 38.1 Å². The molecule has 3 rings (SSSR count). The minimum atomic E-state index is -2.79. The molecule has 0 N–H and O–H groups in total. The van der Waals surface area contributed by atoms with Gasteiger partial charge in [0.15, 0.2) is 9.84 Å². The van der Waals surface area contributed by atoms with Crippen LogP contribution in [0.5, 0.6) is 0 Å². The van der Waals surface area contributed by atoms with E-state index in [1.54, 1.807) is 11.3 Å². The first-order valence-electron chi connectivity index (χ1n) is 7.47. The van der Waals surface area contributed by atoms with Crippen LogP contribution < -0.4 is 4.90 Å². The summed E-state index contributed by atoms with van der Waals surface area (Å²) in [5.74, 6) is 1.11. The van der Waals surface area contributed by atoms with Crippen LogP contribution in [0.3, 0.4) is 0 Å². The monoisotopic (exact) mass is 330 g/mol. The smallest absolute Gasteiger partial charge is 0.208 e. The van der Waals surface area contributed by atoms with Crippen LogP contribution in [0.1, 0.15) is 31.2 Å². The van der Waals surface area contributed by atoms with Crippen molar-refractivity contribution < 1.29 is 8.42 Å². The average molecular weight is 330 g/mol. The van der Waals surface area contributed by atoms with Gasteiger partial charge in [0.05, 0.1) is 11.5 Å². The summed E-state index contributed by atoms with van der Waals surface area (Å²) in [7, 11) is -2.79. The van der Waals surface area contributed by atoms with E-state index in [0.717, 1.165) is 42.7 Å². The number of rotatable bonds is 3. The molecule has 0 radical (unpaired) electrons. The summed E-state index contributed by atoms with van der Waals surface area (Å²) in [5, 5.41) is 10.6. The predicted molar refractivity (Wildman–Crippen MR) is 84.8 cm³/mol. The fourth-order valence-electron chi connectivity index (χ4n) is 2.93. The molecule has 8 heteroatoms. The summed E-state index contributed by atoms with van der Waals surface area (Å²) in [5.41, 5.74) is 0. The number of piperazine rings is 1. The van der Waals surface area contributed by atoms with E-state index in [1.807, 2.05) is 0 Å². The molecule has 0 amide bonds. The van der Waals surface area contributed by atoms with E-state index in [1.165, 1.54) is 0 Å². The van der Waals surface area contributed by atoms with Crippen molar-refractivity contribution in [3.8, 4) is 0 Å². The molecule has 3 heterocycles. The fraction of sp³-hybridized carbons (Fsp3) is 0.846. The number of sulfone groups is 1. The molecule has 2 aliphatic rings. The maximum absolute atomic E-state index is 11.6. The molecular weight excluding hydrogens is 308 g/mol. The van der Waals surface area contributed by atoms with Crippen molar-refractivity contribution in [3.63, 3.8) is 0 Å². The highest BCUT2D eigenvalue weighted by molar-refractivity contribution is 7.91. The summed E-state index contributed by atoms with van der Waals surface area (Å²) < 4.78 is 23.2. The van der Waals surface area contributed by atoms with Crippen molar-refractivity contribution in [3.05, 3.63) is 5.01 Å². The van der Waals surface area contributed by atoms with E-state index in [9.17, 15) is 8.42 Å². The molecule has 21 heavy (non-hydrogen) atoms. The molecule has 6 nitrogen and oxygen atoms in total. The lowest BCUT2D eigenvalue weighted by molar-refractivity contribution is 0.200. The van der Waals surface area contributed by atoms with Crippen LogP contribution >= 0.6 is 11.3 Å². The number of hydrogen-bond donors (Lipinski definition) is 0. The van der Waals surface area contributed by atoms with Crippen molar-refractivity contribution in [2.75, 3.05) is 42.6 Å². The molecule has 2 saturated heterocycles. The van der Waals surface area contributed by atoms with Crippen LogP contribution in [0.2, 0.25) is 0 Å². The highest BCUT2D eigenvalue weighted by Gasteiger charge is 2.34. The first kappa shape index (κ1) is 15.2. The topological polar surface area (TPSA) is 66.4 Å². The predicted octanol–water partition coefficient (Wildman–Crippen LogP) is 0.971. The molecule has 0 spiro atoms. The number of hydrogen-bond acceptors (Lipinski definition) is 7. The van der Waals surface area contributed by atoms with Gasteiger partial charge < -0.3 is 4.90 Å². The fourth-order valence-corrected chi connectivity index (χ4v) is 5.59. The zero-order chi connectivity index (χ0) is 15.0. The van der Waals surface area contributed by atoms with Gasteiger partial charge in [-0.2, -0.15) is 0 Å². The van der Waals surface area contributed by atoms with Crippen molar-refractivity contribution in [1.82, 2.24) is 15.1 Å². The lowest BCUT2D eigenvalue weighted by Gasteiger charge is -2.37. The van der Waals surface area contributed by atoms with Crippen molar-refractivity contribution in [1.29, 1.82) is 0 Å². The Kier molecular flexibility index (Phi) is 4.20. The van der Waals surface area contributed by atoms with Crippen LogP contribution in [-0.2, 0) is 9.84 Å². The Bertz CT molecular complexity index is 591. The maximum atomic E-state index is 11.6. The summed E-state index contributed by atoms with van der Waals surface area (Å²) in [4.78, 5) is 4.59. The third kappa shape index (κ3) is 3.37. The molecule has 0 unspecified atom stereocenters. The van der Waals surface area contributed by atoms with Gasteiger partial charge in [-0.25, -0.2) is 8.42 Å². The summed E-state index contributed by atoms with van der Waals surface area (Å²) in [6.07, 6.45) is 0.790. The highest BCUT2D eigenvalue weighted by atomic mass is 32.2. The summed E-state index contributed by atoms with van der Waals surface area (Å²) >= 11 is 1.67. The molecule has 0 aromatic carbocycles. The van der Waals surface area contributed by atoms with Gasteiger partial charge in [-0.1, -0.05) is 25.2 Å². The average Bonchev–Trinajstić information content (AvgIpc) is 3.05. The Morgan fingerprint density at radius 2 is 1.90 bits per heavy atom. The zero-order valence-electron chi connectivity index (χ0n) is 12.5. The second kappa shape index (κ2) is 5.81. The lowest BCUT2D eigenvalue weighted by Crippen LogP contribution is -2.50. The molecular formula is C13H22N4O2S2. The first-order valence-corrected chi connectivity index (χ1v) is 10.1. The van der Waals surface area contributed by atoms with Gasteiger partial charge >= 0.3 is 0 Å². The Hall–Kier alpha value is -0.730. The van der Waals surface area contributed by atoms with Crippen LogP contribution in [0, 0.1) is 0 Å². The maximum Gasteiger partial charge on any atom is 0.208 e. The quantitative estimate of drug-likeness (QED) is 0.823.